The van der Waals surface area contributed by atoms with Gasteiger partial charge >= 0.3 is 0 Å². The molecule has 1 nitrogen and oxygen atoms in total. The Balaban J connectivity index is 2.31. The van der Waals surface area contributed by atoms with Crippen molar-refractivity contribution in [2.24, 2.45) is 0 Å². The topological polar surface area (TPSA) is 9.23 Å². The van der Waals surface area contributed by atoms with Crippen LogP contribution in [0.15, 0.2) is 36.4 Å². The highest BCUT2D eigenvalue weighted by molar-refractivity contribution is 6.18. The summed E-state index contributed by atoms with van der Waals surface area (Å²) in [4.78, 5) is 0. The fourth-order valence-corrected chi connectivity index (χ4v) is 1.11. The number of halogens is 2. The molecule has 1 aromatic carbocycles. The van der Waals surface area contributed by atoms with Crippen molar-refractivity contribution in [3.05, 3.63) is 47.8 Å². The van der Waals surface area contributed by atoms with Gasteiger partial charge < -0.3 is 4.74 Å². The zero-order chi connectivity index (χ0) is 10.2. The summed E-state index contributed by atoms with van der Waals surface area (Å²) in [6, 6.07) is 6.58. The number of hydrogen-bond acceptors (Lipinski definition) is 1. The number of alkyl halides is 1. The maximum Gasteiger partial charge on any atom is 0.128 e. The van der Waals surface area contributed by atoms with Crippen LogP contribution < -0.4 is 0 Å². The standard InChI is InChI=1S/C11H12ClFO/c12-7-3-4-8-14-9-10-5-1-2-6-11(10)13/h1-6H,7-9H2. The minimum atomic E-state index is -0.228. The lowest BCUT2D eigenvalue weighted by molar-refractivity contribution is 0.146. The zero-order valence-electron chi connectivity index (χ0n) is 7.75. The molecule has 0 fully saturated rings. The molecule has 0 aliphatic rings. The Morgan fingerprint density at radius 2 is 2.07 bits per heavy atom. The summed E-state index contributed by atoms with van der Waals surface area (Å²) in [5, 5.41) is 0. The van der Waals surface area contributed by atoms with Gasteiger partial charge in [0.15, 0.2) is 0 Å². The summed E-state index contributed by atoms with van der Waals surface area (Å²) in [6.45, 7) is 0.750. The molecule has 0 radical (unpaired) electrons. The molecule has 1 rings (SSSR count). The maximum absolute atomic E-state index is 13.0. The first-order chi connectivity index (χ1) is 6.84. The van der Waals surface area contributed by atoms with Gasteiger partial charge in [0, 0.05) is 11.4 Å². The molecule has 76 valence electrons. The second kappa shape index (κ2) is 6.57. The molecule has 0 atom stereocenters. The molecule has 1 aromatic rings. The van der Waals surface area contributed by atoms with Crippen molar-refractivity contribution in [2.45, 2.75) is 6.61 Å². The lowest BCUT2D eigenvalue weighted by atomic mass is 10.2. The molecule has 0 aliphatic carbocycles. The Bertz CT molecular complexity index is 299. The van der Waals surface area contributed by atoms with Gasteiger partial charge in [-0.2, -0.15) is 0 Å². The van der Waals surface area contributed by atoms with Gasteiger partial charge in [0.1, 0.15) is 5.82 Å². The first-order valence-electron chi connectivity index (χ1n) is 4.36. The van der Waals surface area contributed by atoms with Crippen molar-refractivity contribution >= 4 is 11.6 Å². The fourth-order valence-electron chi connectivity index (χ4n) is 0.983. The molecular formula is C11H12ClFO. The monoisotopic (exact) mass is 214 g/mol. The molecule has 0 spiro atoms. The molecule has 0 unspecified atom stereocenters. The lowest BCUT2D eigenvalue weighted by Gasteiger charge is -2.02. The molecule has 0 bridgehead atoms. The van der Waals surface area contributed by atoms with E-state index in [0.29, 0.717) is 24.7 Å². The van der Waals surface area contributed by atoms with E-state index in [1.165, 1.54) is 6.07 Å². The van der Waals surface area contributed by atoms with Gasteiger partial charge in [-0.05, 0) is 6.07 Å². The normalized spacial score (nSPS) is 11.0. The number of benzene rings is 1. The van der Waals surface area contributed by atoms with Crippen LogP contribution in [0.2, 0.25) is 0 Å². The van der Waals surface area contributed by atoms with Crippen molar-refractivity contribution in [3.63, 3.8) is 0 Å². The molecule has 0 amide bonds. The third kappa shape index (κ3) is 3.90. The molecule has 3 heteroatoms. The Morgan fingerprint density at radius 3 is 2.79 bits per heavy atom. The van der Waals surface area contributed by atoms with E-state index in [1.807, 2.05) is 6.08 Å². The van der Waals surface area contributed by atoms with Crippen molar-refractivity contribution in [1.29, 1.82) is 0 Å². The van der Waals surface area contributed by atoms with E-state index in [9.17, 15) is 4.39 Å². The van der Waals surface area contributed by atoms with Crippen molar-refractivity contribution in [3.8, 4) is 0 Å². The Labute approximate surface area is 88.1 Å². The molecule has 14 heavy (non-hydrogen) atoms. The molecule has 0 N–H and O–H groups in total. The summed E-state index contributed by atoms with van der Waals surface area (Å²) >= 11 is 5.42. The molecule has 0 aromatic heterocycles. The van der Waals surface area contributed by atoms with E-state index < -0.39 is 0 Å². The van der Waals surface area contributed by atoms with E-state index in [4.69, 9.17) is 16.3 Å². The predicted molar refractivity (Wildman–Crippen MR) is 55.9 cm³/mol. The smallest absolute Gasteiger partial charge is 0.128 e. The molecule has 0 aliphatic heterocycles. The van der Waals surface area contributed by atoms with Gasteiger partial charge in [0.2, 0.25) is 0 Å². The predicted octanol–water partition coefficient (Wildman–Crippen LogP) is 3.14. The summed E-state index contributed by atoms with van der Waals surface area (Å²) in [6.07, 6.45) is 3.61. The van der Waals surface area contributed by atoms with Crippen LogP contribution in [0.25, 0.3) is 0 Å². The van der Waals surface area contributed by atoms with Crippen LogP contribution in [-0.2, 0) is 11.3 Å². The minimum absolute atomic E-state index is 0.228. The highest BCUT2D eigenvalue weighted by Crippen LogP contribution is 2.07. The Morgan fingerprint density at radius 1 is 1.29 bits per heavy atom. The van der Waals surface area contributed by atoms with Gasteiger partial charge in [-0.3, -0.25) is 0 Å². The maximum atomic E-state index is 13.0. The van der Waals surface area contributed by atoms with E-state index >= 15 is 0 Å². The number of hydrogen-bond donors (Lipinski definition) is 0. The van der Waals surface area contributed by atoms with Crippen molar-refractivity contribution in [1.82, 2.24) is 0 Å². The average Bonchev–Trinajstić information content (AvgIpc) is 2.20. The first kappa shape index (κ1) is 11.2. The third-order valence-electron chi connectivity index (χ3n) is 1.69. The van der Waals surface area contributed by atoms with Crippen molar-refractivity contribution in [2.75, 3.05) is 12.5 Å². The fraction of sp³-hybridized carbons (Fsp3) is 0.273. The Kier molecular flexibility index (Phi) is 5.27. The second-order valence-electron chi connectivity index (χ2n) is 2.73. The quantitative estimate of drug-likeness (QED) is 0.416. The minimum Gasteiger partial charge on any atom is -0.373 e. The molecule has 0 saturated heterocycles. The van der Waals surface area contributed by atoms with E-state index in [-0.39, 0.29) is 5.82 Å². The highest BCUT2D eigenvalue weighted by atomic mass is 35.5. The first-order valence-corrected chi connectivity index (χ1v) is 4.90. The summed E-state index contributed by atoms with van der Waals surface area (Å²) in [7, 11) is 0. The summed E-state index contributed by atoms with van der Waals surface area (Å²) in [5.41, 5.74) is 0.576. The average molecular weight is 215 g/mol. The largest absolute Gasteiger partial charge is 0.373 e. The van der Waals surface area contributed by atoms with Crippen LogP contribution in [0.3, 0.4) is 0 Å². The molecule has 0 heterocycles. The number of rotatable bonds is 5. The van der Waals surface area contributed by atoms with Gasteiger partial charge in [-0.15, -0.1) is 11.6 Å². The zero-order valence-corrected chi connectivity index (χ0v) is 8.51. The summed E-state index contributed by atoms with van der Waals surface area (Å²) < 4.78 is 18.3. The van der Waals surface area contributed by atoms with Crippen molar-refractivity contribution < 1.29 is 9.13 Å². The number of ether oxygens (including phenoxy) is 1. The number of allylic oxidation sites excluding steroid dienone is 1. The molecular weight excluding hydrogens is 203 g/mol. The van der Waals surface area contributed by atoms with Gasteiger partial charge in [0.25, 0.3) is 0 Å². The van der Waals surface area contributed by atoms with Crippen LogP contribution in [0.4, 0.5) is 4.39 Å². The molecule has 0 saturated carbocycles. The lowest BCUT2D eigenvalue weighted by Crippen LogP contribution is -1.95. The second-order valence-corrected chi connectivity index (χ2v) is 3.04. The van der Waals surface area contributed by atoms with Crippen LogP contribution in [0.1, 0.15) is 5.56 Å². The van der Waals surface area contributed by atoms with E-state index in [2.05, 4.69) is 0 Å². The SMILES string of the molecule is Fc1ccccc1COCC=CCCl. The summed E-state index contributed by atoms with van der Waals surface area (Å²) in [5.74, 6) is 0.247. The van der Waals surface area contributed by atoms with Crippen LogP contribution >= 0.6 is 11.6 Å². The van der Waals surface area contributed by atoms with Crippen LogP contribution in [0, 0.1) is 5.82 Å². The van der Waals surface area contributed by atoms with Gasteiger partial charge in [0.05, 0.1) is 13.2 Å². The van der Waals surface area contributed by atoms with Gasteiger partial charge in [-0.25, -0.2) is 4.39 Å². The van der Waals surface area contributed by atoms with Gasteiger partial charge in [-0.1, -0.05) is 30.4 Å². The Hall–Kier alpha value is -0.860. The van der Waals surface area contributed by atoms with E-state index in [0.717, 1.165) is 0 Å². The third-order valence-corrected chi connectivity index (χ3v) is 1.86. The highest BCUT2D eigenvalue weighted by Gasteiger charge is 1.98. The van der Waals surface area contributed by atoms with Crippen LogP contribution in [0.5, 0.6) is 0 Å². The van der Waals surface area contributed by atoms with E-state index in [1.54, 1.807) is 24.3 Å². The van der Waals surface area contributed by atoms with Crippen LogP contribution in [-0.4, -0.2) is 12.5 Å².